The second-order valence-corrected chi connectivity index (χ2v) is 14.0. The van der Waals surface area contributed by atoms with Gasteiger partial charge in [-0.3, -0.25) is 28.9 Å². The zero-order valence-electron chi connectivity index (χ0n) is 29.7. The molecule has 2 bridgehead atoms. The molecule has 0 unspecified atom stereocenters. The summed E-state index contributed by atoms with van der Waals surface area (Å²) in [5, 5.41) is 13.4. The van der Waals surface area contributed by atoms with E-state index in [2.05, 4.69) is 33.2 Å². The van der Waals surface area contributed by atoms with Crippen molar-refractivity contribution in [2.45, 2.75) is 84.6 Å². The summed E-state index contributed by atoms with van der Waals surface area (Å²) in [5.41, 5.74) is 1.08. The van der Waals surface area contributed by atoms with Gasteiger partial charge >= 0.3 is 0 Å². The molecule has 0 saturated carbocycles. The minimum Gasteiger partial charge on any atom is -0.465 e. The van der Waals surface area contributed by atoms with Gasteiger partial charge in [-0.25, -0.2) is 4.98 Å². The number of aryl methyl sites for hydroxylation is 1. The lowest BCUT2D eigenvalue weighted by Gasteiger charge is -2.28. The Balaban J connectivity index is 1.65. The molecule has 1 aliphatic heterocycles. The molecule has 0 aliphatic carbocycles. The van der Waals surface area contributed by atoms with Crippen molar-refractivity contribution in [1.82, 2.24) is 36.1 Å². The number of nitrogens with one attached hydrogen (secondary N) is 4. The number of thiazole rings is 1. The average molecular weight is 708 g/mol. The van der Waals surface area contributed by atoms with Gasteiger partial charge in [-0.05, 0) is 50.3 Å². The second kappa shape index (κ2) is 17.9. The largest absolute Gasteiger partial charge is 0.465 e. The first-order chi connectivity index (χ1) is 23.8. The van der Waals surface area contributed by atoms with Crippen LogP contribution in [0.4, 0.5) is 0 Å². The number of rotatable bonds is 7. The molecule has 0 radical (unpaired) electrons. The molecule has 1 aliphatic rings. The Hall–Kier alpha value is -4.56. The number of hydrogen-bond donors (Lipinski definition) is 4. The summed E-state index contributed by atoms with van der Waals surface area (Å²) in [4.78, 5) is 74.7. The molecule has 14 heteroatoms. The Kier molecular flexibility index (Phi) is 13.7. The molecule has 0 fully saturated rings. The van der Waals surface area contributed by atoms with E-state index < -0.39 is 41.9 Å². The number of furan rings is 1. The summed E-state index contributed by atoms with van der Waals surface area (Å²) in [7, 11) is 1.65. The highest BCUT2D eigenvalue weighted by atomic mass is 32.1. The number of carbonyl (C=O) groups excluding carboxylic acids is 5. The van der Waals surface area contributed by atoms with Crippen molar-refractivity contribution in [2.24, 2.45) is 5.92 Å². The summed E-state index contributed by atoms with van der Waals surface area (Å²) in [6.45, 7) is 9.70. The van der Waals surface area contributed by atoms with Crippen LogP contribution >= 0.6 is 11.3 Å². The number of amides is 5. The standard InChI is InChI=1S/C36H49N7O6S/c1-7-11-26-14-15-27(49-26)19-43-17-16-42(6)36(48)24(5)38-34(47)31(22(2)3)41-32(45)23(4)37-33(46)29-21-50-35(40-29)28(39-30(44)20-43)18-25-12-9-8-10-13-25/h8-10,12-15,21-24,28,31H,7,11,16-20H2,1-6H3,(H,37,46)(H,38,47)(H,39,44)(H,41,45)/t23-,24+,28-,31-/m0/s1. The van der Waals surface area contributed by atoms with Gasteiger partial charge in [-0.1, -0.05) is 51.1 Å². The van der Waals surface area contributed by atoms with Crippen LogP contribution in [-0.4, -0.2) is 89.1 Å². The smallest absolute Gasteiger partial charge is 0.271 e. The second-order valence-electron chi connectivity index (χ2n) is 13.1. The van der Waals surface area contributed by atoms with E-state index in [9.17, 15) is 24.0 Å². The maximum Gasteiger partial charge on any atom is 0.271 e. The van der Waals surface area contributed by atoms with E-state index in [0.717, 1.165) is 24.2 Å². The molecular formula is C36H49N7O6S. The fourth-order valence-corrected chi connectivity index (χ4v) is 6.46. The predicted molar refractivity (Wildman–Crippen MR) is 190 cm³/mol. The maximum atomic E-state index is 13.7. The van der Waals surface area contributed by atoms with Gasteiger partial charge in [0.1, 0.15) is 40.3 Å². The number of likely N-dealkylation sites (N-methyl/N-ethyl adjacent to an activating group) is 1. The number of aromatic nitrogens is 1. The molecule has 3 heterocycles. The normalized spacial score (nSPS) is 22.4. The first kappa shape index (κ1) is 38.2. The average Bonchev–Trinajstić information content (AvgIpc) is 3.75. The van der Waals surface area contributed by atoms with Crippen LogP contribution in [0.3, 0.4) is 0 Å². The Morgan fingerprint density at radius 3 is 2.32 bits per heavy atom. The van der Waals surface area contributed by atoms with Crippen molar-refractivity contribution in [2.75, 3.05) is 26.7 Å². The molecule has 4 N–H and O–H groups in total. The SMILES string of the molecule is CCCc1ccc(CN2CCN(C)C(=O)[C@@H](C)NC(=O)[C@H](C(C)C)NC(=O)[C@H](C)NC(=O)c3csc(n3)[C@H](Cc3ccccc3)NC(=O)C2)o1. The van der Waals surface area contributed by atoms with Gasteiger partial charge < -0.3 is 30.6 Å². The van der Waals surface area contributed by atoms with E-state index >= 15 is 0 Å². The molecule has 50 heavy (non-hydrogen) atoms. The number of nitrogens with zero attached hydrogens (tertiary/aromatic N) is 3. The Bertz CT molecular complexity index is 1620. The molecular weight excluding hydrogens is 659 g/mol. The summed E-state index contributed by atoms with van der Waals surface area (Å²) in [5.74, 6) is -0.961. The lowest BCUT2D eigenvalue weighted by molar-refractivity contribution is -0.136. The molecule has 3 aromatic rings. The fraction of sp³-hybridized carbons (Fsp3) is 0.500. The summed E-state index contributed by atoms with van der Waals surface area (Å²) in [6.07, 6.45) is 2.18. The van der Waals surface area contributed by atoms with Gasteiger partial charge in [0.05, 0.1) is 19.1 Å². The van der Waals surface area contributed by atoms with Crippen LogP contribution in [0.25, 0.3) is 0 Å². The van der Waals surface area contributed by atoms with Crippen molar-refractivity contribution in [3.05, 3.63) is 75.6 Å². The number of carbonyl (C=O) groups is 5. The monoisotopic (exact) mass is 707 g/mol. The van der Waals surface area contributed by atoms with Crippen LogP contribution in [-0.2, 0) is 38.6 Å². The van der Waals surface area contributed by atoms with Crippen LogP contribution in [0.1, 0.15) is 79.7 Å². The van der Waals surface area contributed by atoms with Gasteiger partial charge in [-0.15, -0.1) is 11.3 Å². The molecule has 1 aromatic carbocycles. The van der Waals surface area contributed by atoms with Crippen LogP contribution in [0.5, 0.6) is 0 Å². The van der Waals surface area contributed by atoms with E-state index in [0.29, 0.717) is 30.3 Å². The van der Waals surface area contributed by atoms with E-state index in [-0.39, 0.29) is 36.5 Å². The van der Waals surface area contributed by atoms with Gasteiger partial charge in [0.2, 0.25) is 23.6 Å². The lowest BCUT2D eigenvalue weighted by Crippen LogP contribution is -2.57. The minimum atomic E-state index is -0.987. The Morgan fingerprint density at radius 1 is 0.900 bits per heavy atom. The van der Waals surface area contributed by atoms with Gasteiger partial charge in [-0.2, -0.15) is 0 Å². The van der Waals surface area contributed by atoms with Crippen LogP contribution < -0.4 is 21.3 Å². The maximum absolute atomic E-state index is 13.7. The summed E-state index contributed by atoms with van der Waals surface area (Å²) >= 11 is 1.24. The first-order valence-corrected chi connectivity index (χ1v) is 18.0. The third-order valence-corrected chi connectivity index (χ3v) is 9.43. The molecule has 4 rings (SSSR count). The van der Waals surface area contributed by atoms with Crippen molar-refractivity contribution >= 4 is 40.9 Å². The number of hydrogen-bond acceptors (Lipinski definition) is 9. The topological polar surface area (TPSA) is 166 Å². The zero-order chi connectivity index (χ0) is 36.4. The van der Waals surface area contributed by atoms with E-state index in [4.69, 9.17) is 4.42 Å². The number of benzene rings is 1. The molecule has 4 atom stereocenters. The van der Waals surface area contributed by atoms with Crippen molar-refractivity contribution in [3.8, 4) is 0 Å². The van der Waals surface area contributed by atoms with Gasteiger partial charge in [0, 0.05) is 31.9 Å². The van der Waals surface area contributed by atoms with Gasteiger partial charge in [0.15, 0.2) is 0 Å². The highest BCUT2D eigenvalue weighted by molar-refractivity contribution is 7.09. The number of fused-ring (bicyclic) bond motifs is 2. The minimum absolute atomic E-state index is 0.00348. The quantitative estimate of drug-likeness (QED) is 0.291. The van der Waals surface area contributed by atoms with Crippen LogP contribution in [0.15, 0.2) is 52.3 Å². The highest BCUT2D eigenvalue weighted by Gasteiger charge is 2.31. The van der Waals surface area contributed by atoms with Crippen LogP contribution in [0, 0.1) is 5.92 Å². The third-order valence-electron chi connectivity index (χ3n) is 8.48. The Morgan fingerprint density at radius 2 is 1.62 bits per heavy atom. The highest BCUT2D eigenvalue weighted by Crippen LogP contribution is 2.23. The van der Waals surface area contributed by atoms with Crippen LogP contribution in [0.2, 0.25) is 0 Å². The van der Waals surface area contributed by atoms with Gasteiger partial charge in [0.25, 0.3) is 5.91 Å². The van der Waals surface area contributed by atoms with Crippen molar-refractivity contribution < 1.29 is 28.4 Å². The van der Waals surface area contributed by atoms with Crippen molar-refractivity contribution in [1.29, 1.82) is 0 Å². The zero-order valence-corrected chi connectivity index (χ0v) is 30.5. The Labute approximate surface area is 297 Å². The lowest BCUT2D eigenvalue weighted by atomic mass is 10.0. The van der Waals surface area contributed by atoms with E-state index in [1.54, 1.807) is 33.2 Å². The molecule has 0 saturated heterocycles. The molecule has 13 nitrogen and oxygen atoms in total. The summed E-state index contributed by atoms with van der Waals surface area (Å²) in [6, 6.07) is 10.2. The summed E-state index contributed by atoms with van der Waals surface area (Å²) < 4.78 is 6.03. The fourth-order valence-electron chi connectivity index (χ4n) is 5.61. The third kappa shape index (κ3) is 10.7. The predicted octanol–water partition coefficient (Wildman–Crippen LogP) is 2.83. The first-order valence-electron chi connectivity index (χ1n) is 17.1. The molecule has 0 spiro atoms. The molecule has 2 aromatic heterocycles. The van der Waals surface area contributed by atoms with E-state index in [1.165, 1.54) is 23.2 Å². The van der Waals surface area contributed by atoms with Crippen molar-refractivity contribution in [3.63, 3.8) is 0 Å². The molecule has 5 amide bonds. The molecule has 270 valence electrons. The van der Waals surface area contributed by atoms with E-state index in [1.807, 2.05) is 47.4 Å².